The first-order valence-corrected chi connectivity index (χ1v) is 11.4. The summed E-state index contributed by atoms with van der Waals surface area (Å²) in [6.45, 7) is 3.82. The number of hydrogen-bond acceptors (Lipinski definition) is 5. The van der Waals surface area contributed by atoms with Crippen LogP contribution in [0.5, 0.6) is 17.2 Å². The highest BCUT2D eigenvalue weighted by molar-refractivity contribution is 5.99. The van der Waals surface area contributed by atoms with Gasteiger partial charge < -0.3 is 24.4 Å². The number of benzene rings is 2. The van der Waals surface area contributed by atoms with E-state index in [1.807, 2.05) is 44.2 Å². The molecule has 0 unspecified atom stereocenters. The summed E-state index contributed by atoms with van der Waals surface area (Å²) in [5.74, 6) is 0.722. The Morgan fingerprint density at radius 2 is 1.52 bits per heavy atom. The molecule has 178 valence electrons. The molecule has 3 rings (SSSR count). The Morgan fingerprint density at radius 1 is 0.939 bits per heavy atom. The van der Waals surface area contributed by atoms with Crippen LogP contribution in [0.25, 0.3) is 0 Å². The van der Waals surface area contributed by atoms with Crippen LogP contribution < -0.4 is 19.5 Å². The molecule has 2 amide bonds. The van der Waals surface area contributed by atoms with Gasteiger partial charge in [-0.25, -0.2) is 0 Å². The Bertz CT molecular complexity index is 929. The minimum atomic E-state index is -0.765. The molecule has 1 aliphatic carbocycles. The SMILES string of the molecule is COc1cc(C(=O)N(C(C)C)[C@@H](C(=O)NC2CCCC2)c2ccccc2)cc(OC)c1OC. The van der Waals surface area contributed by atoms with Gasteiger partial charge in [0.1, 0.15) is 6.04 Å². The minimum absolute atomic E-state index is 0.147. The second kappa shape index (κ2) is 11.1. The van der Waals surface area contributed by atoms with Gasteiger partial charge in [0.15, 0.2) is 11.5 Å². The van der Waals surface area contributed by atoms with Gasteiger partial charge in [0.25, 0.3) is 5.91 Å². The third-order valence-corrected chi connectivity index (χ3v) is 6.05. The number of carbonyl (C=O) groups is 2. The first-order chi connectivity index (χ1) is 15.9. The highest BCUT2D eigenvalue weighted by atomic mass is 16.5. The molecule has 0 aromatic heterocycles. The van der Waals surface area contributed by atoms with Gasteiger partial charge in [0.2, 0.25) is 11.7 Å². The highest BCUT2D eigenvalue weighted by Crippen LogP contribution is 2.39. The van der Waals surface area contributed by atoms with Crippen LogP contribution in [0.4, 0.5) is 0 Å². The molecule has 1 aliphatic rings. The molecule has 7 nitrogen and oxygen atoms in total. The molecule has 0 radical (unpaired) electrons. The number of hydrogen-bond donors (Lipinski definition) is 1. The molecule has 0 aliphatic heterocycles. The summed E-state index contributed by atoms with van der Waals surface area (Å²) in [6, 6.07) is 11.8. The van der Waals surface area contributed by atoms with Crippen LogP contribution >= 0.6 is 0 Å². The van der Waals surface area contributed by atoms with Gasteiger partial charge in [-0.2, -0.15) is 0 Å². The van der Waals surface area contributed by atoms with Gasteiger partial charge in [0, 0.05) is 17.6 Å². The number of nitrogens with one attached hydrogen (secondary N) is 1. The zero-order valence-electron chi connectivity index (χ0n) is 20.1. The summed E-state index contributed by atoms with van der Waals surface area (Å²) < 4.78 is 16.3. The normalized spacial score (nSPS) is 14.6. The largest absolute Gasteiger partial charge is 0.493 e. The van der Waals surface area contributed by atoms with Crippen LogP contribution in [-0.4, -0.2) is 50.1 Å². The Balaban J connectivity index is 2.04. The molecular weight excluding hydrogens is 420 g/mol. The number of ether oxygens (including phenoxy) is 3. The summed E-state index contributed by atoms with van der Waals surface area (Å²) in [6.07, 6.45) is 4.16. The predicted octanol–water partition coefficient (Wildman–Crippen LogP) is 4.36. The van der Waals surface area contributed by atoms with E-state index in [9.17, 15) is 9.59 Å². The Morgan fingerprint density at radius 3 is 2.00 bits per heavy atom. The van der Waals surface area contributed by atoms with E-state index in [1.165, 1.54) is 21.3 Å². The van der Waals surface area contributed by atoms with Crippen LogP contribution in [0.2, 0.25) is 0 Å². The maximum absolute atomic E-state index is 13.9. The zero-order valence-corrected chi connectivity index (χ0v) is 20.1. The van der Waals surface area contributed by atoms with Crippen molar-refractivity contribution >= 4 is 11.8 Å². The molecule has 0 heterocycles. The molecular formula is C26H34N2O5. The lowest BCUT2D eigenvalue weighted by Crippen LogP contribution is -2.48. The lowest BCUT2D eigenvalue weighted by atomic mass is 10.00. The van der Waals surface area contributed by atoms with Gasteiger partial charge in [-0.05, 0) is 44.4 Å². The van der Waals surface area contributed by atoms with E-state index in [1.54, 1.807) is 17.0 Å². The summed E-state index contributed by atoms with van der Waals surface area (Å²) in [5, 5.41) is 3.18. The van der Waals surface area contributed by atoms with Crippen LogP contribution in [-0.2, 0) is 4.79 Å². The Hall–Kier alpha value is -3.22. The van der Waals surface area contributed by atoms with Gasteiger partial charge in [-0.1, -0.05) is 43.2 Å². The van der Waals surface area contributed by atoms with Crippen molar-refractivity contribution in [2.45, 2.75) is 57.7 Å². The van der Waals surface area contributed by atoms with E-state index >= 15 is 0 Å². The van der Waals surface area contributed by atoms with E-state index in [2.05, 4.69) is 5.32 Å². The van der Waals surface area contributed by atoms with Crippen LogP contribution in [0.3, 0.4) is 0 Å². The van der Waals surface area contributed by atoms with Crippen molar-refractivity contribution in [2.75, 3.05) is 21.3 Å². The first-order valence-electron chi connectivity index (χ1n) is 11.4. The fourth-order valence-corrected chi connectivity index (χ4v) is 4.43. The van der Waals surface area contributed by atoms with Crippen molar-refractivity contribution in [3.05, 3.63) is 53.6 Å². The zero-order chi connectivity index (χ0) is 24.0. The second-order valence-corrected chi connectivity index (χ2v) is 8.52. The van der Waals surface area contributed by atoms with E-state index < -0.39 is 6.04 Å². The molecule has 1 fully saturated rings. The van der Waals surface area contributed by atoms with Crippen molar-refractivity contribution in [2.24, 2.45) is 0 Å². The van der Waals surface area contributed by atoms with Crippen molar-refractivity contribution < 1.29 is 23.8 Å². The van der Waals surface area contributed by atoms with E-state index in [-0.39, 0.29) is 23.9 Å². The van der Waals surface area contributed by atoms with Crippen molar-refractivity contribution in [1.82, 2.24) is 10.2 Å². The summed E-state index contributed by atoms with van der Waals surface area (Å²) in [7, 11) is 4.53. The first kappa shape index (κ1) is 24.4. The monoisotopic (exact) mass is 454 g/mol. The van der Waals surface area contributed by atoms with Gasteiger partial charge >= 0.3 is 0 Å². The smallest absolute Gasteiger partial charge is 0.255 e. The Kier molecular flexibility index (Phi) is 8.20. The number of carbonyl (C=O) groups excluding carboxylic acids is 2. The minimum Gasteiger partial charge on any atom is -0.493 e. The molecule has 1 saturated carbocycles. The molecule has 0 saturated heterocycles. The third kappa shape index (κ3) is 5.41. The fraction of sp³-hybridized carbons (Fsp3) is 0.462. The van der Waals surface area contributed by atoms with Crippen LogP contribution in [0, 0.1) is 0 Å². The molecule has 1 atom stereocenters. The maximum atomic E-state index is 13.9. The molecule has 7 heteroatoms. The topological polar surface area (TPSA) is 77.1 Å². The third-order valence-electron chi connectivity index (χ3n) is 6.05. The van der Waals surface area contributed by atoms with Crippen molar-refractivity contribution in [3.63, 3.8) is 0 Å². The molecule has 0 spiro atoms. The average Bonchev–Trinajstić information content (AvgIpc) is 3.34. The quantitative estimate of drug-likeness (QED) is 0.609. The lowest BCUT2D eigenvalue weighted by molar-refractivity contribution is -0.127. The van der Waals surface area contributed by atoms with Crippen molar-refractivity contribution in [1.29, 1.82) is 0 Å². The van der Waals surface area contributed by atoms with E-state index in [0.717, 1.165) is 31.2 Å². The number of methoxy groups -OCH3 is 3. The van der Waals surface area contributed by atoms with E-state index in [0.29, 0.717) is 22.8 Å². The second-order valence-electron chi connectivity index (χ2n) is 8.52. The summed E-state index contributed by atoms with van der Waals surface area (Å²) >= 11 is 0. The standard InChI is InChI=1S/C26H34N2O5/c1-17(2)28(26(30)19-15-21(31-3)24(33-5)22(16-19)32-4)23(18-11-7-6-8-12-18)25(29)27-20-13-9-10-14-20/h6-8,11-12,15-17,20,23H,9-10,13-14H2,1-5H3,(H,27,29)/t23-/m1/s1. The molecule has 33 heavy (non-hydrogen) atoms. The maximum Gasteiger partial charge on any atom is 0.255 e. The van der Waals surface area contributed by atoms with Gasteiger partial charge in [-0.15, -0.1) is 0 Å². The summed E-state index contributed by atoms with van der Waals surface area (Å²) in [5.41, 5.74) is 1.12. The molecule has 2 aromatic rings. The number of rotatable bonds is 9. The Labute approximate surface area is 196 Å². The number of amides is 2. The lowest BCUT2D eigenvalue weighted by Gasteiger charge is -2.35. The van der Waals surface area contributed by atoms with Crippen molar-refractivity contribution in [3.8, 4) is 17.2 Å². The fourth-order valence-electron chi connectivity index (χ4n) is 4.43. The summed E-state index contributed by atoms with van der Waals surface area (Å²) in [4.78, 5) is 29.1. The molecule has 1 N–H and O–H groups in total. The van der Waals surface area contributed by atoms with E-state index in [4.69, 9.17) is 14.2 Å². The van der Waals surface area contributed by atoms with Crippen LogP contribution in [0.1, 0.15) is 61.5 Å². The van der Waals surface area contributed by atoms with Gasteiger partial charge in [-0.3, -0.25) is 9.59 Å². The average molecular weight is 455 g/mol. The number of nitrogens with zero attached hydrogens (tertiary/aromatic N) is 1. The highest BCUT2D eigenvalue weighted by Gasteiger charge is 2.35. The molecule has 0 bridgehead atoms. The molecule has 2 aromatic carbocycles. The van der Waals surface area contributed by atoms with Gasteiger partial charge in [0.05, 0.1) is 21.3 Å². The van der Waals surface area contributed by atoms with Crippen LogP contribution in [0.15, 0.2) is 42.5 Å². The predicted molar refractivity (Wildman–Crippen MR) is 127 cm³/mol.